The van der Waals surface area contributed by atoms with Gasteiger partial charge in [-0.2, -0.15) is 0 Å². The molecule has 19 heavy (non-hydrogen) atoms. The zero-order valence-corrected chi connectivity index (χ0v) is 12.0. The number of benzene rings is 1. The Balaban J connectivity index is 1.76. The van der Waals surface area contributed by atoms with E-state index in [2.05, 4.69) is 36.5 Å². The number of nitrogens with one attached hydrogen (secondary N) is 1. The normalized spacial score (nSPS) is 18.5. The Labute approximate surface area is 116 Å². The summed E-state index contributed by atoms with van der Waals surface area (Å²) in [6.45, 7) is 5.12. The molecule has 1 aliphatic heterocycles. The van der Waals surface area contributed by atoms with Gasteiger partial charge in [0, 0.05) is 20.0 Å². The van der Waals surface area contributed by atoms with Crippen molar-refractivity contribution in [1.82, 2.24) is 10.2 Å². The van der Waals surface area contributed by atoms with E-state index in [4.69, 9.17) is 0 Å². The van der Waals surface area contributed by atoms with Crippen molar-refractivity contribution in [3.8, 4) is 0 Å². The van der Waals surface area contributed by atoms with Gasteiger partial charge in [0.2, 0.25) is 5.91 Å². The lowest BCUT2D eigenvalue weighted by Gasteiger charge is -2.20. The number of aryl methyl sites for hydroxylation is 2. The first kappa shape index (κ1) is 14.1. The summed E-state index contributed by atoms with van der Waals surface area (Å²) in [5, 5.41) is 3.34. The van der Waals surface area contributed by atoms with Crippen LogP contribution in [0.4, 0.5) is 0 Å². The van der Waals surface area contributed by atoms with Crippen LogP contribution in [0.3, 0.4) is 0 Å². The predicted octanol–water partition coefficient (Wildman–Crippen LogP) is 2.00. The number of rotatable bonds is 5. The molecule has 1 saturated heterocycles. The minimum Gasteiger partial charge on any atom is -0.345 e. The number of hydrogen-bond acceptors (Lipinski definition) is 2. The molecule has 0 spiro atoms. The maximum Gasteiger partial charge on any atom is 0.222 e. The number of hydrogen-bond donors (Lipinski definition) is 1. The van der Waals surface area contributed by atoms with Gasteiger partial charge in [0.25, 0.3) is 0 Å². The molecule has 1 atom stereocenters. The van der Waals surface area contributed by atoms with E-state index in [1.165, 1.54) is 17.5 Å². The second-order valence-corrected chi connectivity index (χ2v) is 5.62. The summed E-state index contributed by atoms with van der Waals surface area (Å²) in [7, 11) is 1.93. The van der Waals surface area contributed by atoms with Crippen LogP contribution in [0.25, 0.3) is 0 Å². The fourth-order valence-corrected chi connectivity index (χ4v) is 2.67. The average Bonchev–Trinajstić information content (AvgIpc) is 2.89. The molecule has 1 unspecified atom stereocenters. The number of amides is 1. The summed E-state index contributed by atoms with van der Waals surface area (Å²) in [6.07, 6.45) is 2.64. The van der Waals surface area contributed by atoms with Gasteiger partial charge < -0.3 is 10.2 Å². The lowest BCUT2D eigenvalue weighted by Crippen LogP contribution is -2.32. The van der Waals surface area contributed by atoms with Crippen LogP contribution in [-0.4, -0.2) is 37.5 Å². The first-order valence-corrected chi connectivity index (χ1v) is 7.15. The molecule has 1 aromatic carbocycles. The van der Waals surface area contributed by atoms with Crippen LogP contribution < -0.4 is 5.32 Å². The third-order valence-electron chi connectivity index (χ3n) is 3.83. The summed E-state index contributed by atoms with van der Waals surface area (Å²) in [6, 6.07) is 8.41. The quantitative estimate of drug-likeness (QED) is 0.878. The summed E-state index contributed by atoms with van der Waals surface area (Å²) in [5.41, 5.74) is 2.51. The van der Waals surface area contributed by atoms with Gasteiger partial charge in [0.05, 0.1) is 0 Å². The maximum atomic E-state index is 12.1. The van der Waals surface area contributed by atoms with Crippen LogP contribution in [0, 0.1) is 12.8 Å². The van der Waals surface area contributed by atoms with Crippen LogP contribution in [-0.2, 0) is 11.2 Å². The van der Waals surface area contributed by atoms with Gasteiger partial charge in [0.15, 0.2) is 0 Å². The molecule has 3 heteroatoms. The Kier molecular flexibility index (Phi) is 4.97. The number of nitrogens with zero attached hydrogens (tertiary/aromatic N) is 1. The van der Waals surface area contributed by atoms with E-state index < -0.39 is 0 Å². The Bertz CT molecular complexity index is 425. The van der Waals surface area contributed by atoms with E-state index in [9.17, 15) is 4.79 Å². The molecule has 0 saturated carbocycles. The molecule has 0 aliphatic carbocycles. The molecule has 2 rings (SSSR count). The van der Waals surface area contributed by atoms with Crippen molar-refractivity contribution in [2.45, 2.75) is 26.2 Å². The van der Waals surface area contributed by atoms with Crippen molar-refractivity contribution < 1.29 is 4.79 Å². The second-order valence-electron chi connectivity index (χ2n) is 5.62. The van der Waals surface area contributed by atoms with Gasteiger partial charge in [-0.15, -0.1) is 0 Å². The molecule has 1 heterocycles. The van der Waals surface area contributed by atoms with Crippen LogP contribution >= 0.6 is 0 Å². The van der Waals surface area contributed by atoms with Crippen molar-refractivity contribution >= 4 is 5.91 Å². The van der Waals surface area contributed by atoms with Crippen molar-refractivity contribution in [2.75, 3.05) is 26.7 Å². The maximum absolute atomic E-state index is 12.1. The van der Waals surface area contributed by atoms with E-state index in [1.807, 2.05) is 11.9 Å². The molecule has 3 nitrogen and oxygen atoms in total. The molecule has 104 valence electrons. The Morgan fingerprint density at radius 1 is 1.47 bits per heavy atom. The zero-order chi connectivity index (χ0) is 13.7. The summed E-state index contributed by atoms with van der Waals surface area (Å²) in [4.78, 5) is 14.0. The summed E-state index contributed by atoms with van der Waals surface area (Å²) < 4.78 is 0. The van der Waals surface area contributed by atoms with Crippen molar-refractivity contribution in [3.63, 3.8) is 0 Å². The summed E-state index contributed by atoms with van der Waals surface area (Å²) in [5.74, 6) is 0.890. The molecule has 1 aromatic rings. The third kappa shape index (κ3) is 4.35. The van der Waals surface area contributed by atoms with Gasteiger partial charge in [-0.3, -0.25) is 4.79 Å². The van der Waals surface area contributed by atoms with Crippen molar-refractivity contribution in [2.24, 2.45) is 5.92 Å². The molecule has 0 aromatic heterocycles. The molecule has 1 aliphatic rings. The third-order valence-corrected chi connectivity index (χ3v) is 3.83. The van der Waals surface area contributed by atoms with Gasteiger partial charge >= 0.3 is 0 Å². The fourth-order valence-electron chi connectivity index (χ4n) is 2.67. The molecule has 0 radical (unpaired) electrons. The lowest BCUT2D eigenvalue weighted by atomic mass is 10.1. The van der Waals surface area contributed by atoms with Gasteiger partial charge in [-0.1, -0.05) is 29.8 Å². The smallest absolute Gasteiger partial charge is 0.222 e. The highest BCUT2D eigenvalue weighted by atomic mass is 16.2. The Morgan fingerprint density at radius 2 is 2.32 bits per heavy atom. The van der Waals surface area contributed by atoms with E-state index in [0.29, 0.717) is 12.3 Å². The average molecular weight is 260 g/mol. The second kappa shape index (κ2) is 6.71. The highest BCUT2D eigenvalue weighted by Crippen LogP contribution is 2.11. The Hall–Kier alpha value is -1.35. The monoisotopic (exact) mass is 260 g/mol. The van der Waals surface area contributed by atoms with Crippen LogP contribution in [0.1, 0.15) is 24.0 Å². The first-order valence-electron chi connectivity index (χ1n) is 7.15. The van der Waals surface area contributed by atoms with Crippen LogP contribution in [0.5, 0.6) is 0 Å². The van der Waals surface area contributed by atoms with Gasteiger partial charge in [-0.05, 0) is 44.3 Å². The zero-order valence-electron chi connectivity index (χ0n) is 12.0. The topological polar surface area (TPSA) is 32.3 Å². The minimum absolute atomic E-state index is 0.258. The number of carbonyl (C=O) groups excluding carboxylic acids is 1. The van der Waals surface area contributed by atoms with E-state index in [0.717, 1.165) is 26.1 Å². The highest BCUT2D eigenvalue weighted by Gasteiger charge is 2.18. The molecular weight excluding hydrogens is 236 g/mol. The first-order chi connectivity index (χ1) is 9.15. The standard InChI is InChI=1S/C16H24N2O/c1-13-4-3-5-14(10-13)6-7-16(19)18(2)12-15-8-9-17-11-15/h3-5,10,15,17H,6-9,11-12H2,1-2H3. The van der Waals surface area contributed by atoms with E-state index in [1.54, 1.807) is 0 Å². The van der Waals surface area contributed by atoms with Crippen LogP contribution in [0.15, 0.2) is 24.3 Å². The molecular formula is C16H24N2O. The van der Waals surface area contributed by atoms with Crippen molar-refractivity contribution in [1.29, 1.82) is 0 Å². The summed E-state index contributed by atoms with van der Waals surface area (Å²) >= 11 is 0. The van der Waals surface area contributed by atoms with E-state index in [-0.39, 0.29) is 5.91 Å². The highest BCUT2D eigenvalue weighted by molar-refractivity contribution is 5.76. The minimum atomic E-state index is 0.258. The molecule has 1 amide bonds. The largest absolute Gasteiger partial charge is 0.345 e. The molecule has 1 N–H and O–H groups in total. The number of carbonyl (C=O) groups is 1. The van der Waals surface area contributed by atoms with Crippen LogP contribution in [0.2, 0.25) is 0 Å². The van der Waals surface area contributed by atoms with Crippen molar-refractivity contribution in [3.05, 3.63) is 35.4 Å². The Morgan fingerprint density at radius 3 is 3.00 bits per heavy atom. The lowest BCUT2D eigenvalue weighted by molar-refractivity contribution is -0.130. The van der Waals surface area contributed by atoms with Gasteiger partial charge in [0.1, 0.15) is 0 Å². The molecule has 0 bridgehead atoms. The SMILES string of the molecule is Cc1cccc(CCC(=O)N(C)CC2CCNC2)c1. The predicted molar refractivity (Wildman–Crippen MR) is 78.1 cm³/mol. The molecule has 1 fully saturated rings. The van der Waals surface area contributed by atoms with E-state index >= 15 is 0 Å². The fraction of sp³-hybridized carbons (Fsp3) is 0.562. The van der Waals surface area contributed by atoms with Gasteiger partial charge in [-0.25, -0.2) is 0 Å².